The number of imidazole rings is 1. The largest absolute Gasteiger partial charge is 0.288 e. The first-order valence-electron chi connectivity index (χ1n) is 7.04. The number of sulfonamides is 1. The highest BCUT2D eigenvalue weighted by Gasteiger charge is 2.35. The molecule has 1 fully saturated rings. The highest BCUT2D eigenvalue weighted by atomic mass is 35.5. The maximum atomic E-state index is 12.9. The third-order valence-electron chi connectivity index (χ3n) is 4.33. The highest BCUT2D eigenvalue weighted by Crippen LogP contribution is 2.30. The Hall–Kier alpha value is -1.11. The molecule has 2 aromatic heterocycles. The van der Waals surface area contributed by atoms with E-state index in [1.54, 1.807) is 28.8 Å². The van der Waals surface area contributed by atoms with Crippen LogP contribution < -0.4 is 0 Å². The maximum Gasteiger partial charge on any atom is 0.262 e. The van der Waals surface area contributed by atoms with Crippen LogP contribution in [0.1, 0.15) is 20.3 Å². The fraction of sp³-hybridized carbons (Fsp3) is 0.500. The number of aromatic nitrogens is 2. The van der Waals surface area contributed by atoms with Gasteiger partial charge in [-0.3, -0.25) is 4.40 Å². The average molecular weight is 328 g/mol. The van der Waals surface area contributed by atoms with Gasteiger partial charge in [-0.2, -0.15) is 4.31 Å². The molecule has 0 aromatic carbocycles. The lowest BCUT2D eigenvalue weighted by molar-refractivity contribution is 0.212. The number of rotatable bonds is 2. The Morgan fingerprint density at radius 1 is 1.29 bits per heavy atom. The van der Waals surface area contributed by atoms with Crippen LogP contribution in [0.4, 0.5) is 0 Å². The van der Waals surface area contributed by atoms with Crippen LogP contribution in [0.25, 0.3) is 5.65 Å². The third-order valence-corrected chi connectivity index (χ3v) is 6.59. The minimum absolute atomic E-state index is 0.0347. The number of nitrogens with zero attached hydrogens (tertiary/aromatic N) is 3. The van der Waals surface area contributed by atoms with E-state index >= 15 is 0 Å². The van der Waals surface area contributed by atoms with Crippen LogP contribution in [0.2, 0.25) is 5.15 Å². The second-order valence-electron chi connectivity index (χ2n) is 5.74. The zero-order valence-electron chi connectivity index (χ0n) is 12.0. The van der Waals surface area contributed by atoms with Crippen molar-refractivity contribution in [3.63, 3.8) is 0 Å². The standard InChI is InChI=1S/C14H18ClN3O2S/c1-10-6-8-17(9-11(10)2)21(19,20)14-13(15)16-12-5-3-4-7-18(12)14/h3-5,7,10-11H,6,8-9H2,1-2H3. The fourth-order valence-corrected chi connectivity index (χ4v) is 4.89. The summed E-state index contributed by atoms with van der Waals surface area (Å²) < 4.78 is 28.9. The molecule has 0 aliphatic carbocycles. The summed E-state index contributed by atoms with van der Waals surface area (Å²) in [6.07, 6.45) is 2.55. The molecule has 2 unspecified atom stereocenters. The molecule has 7 heteroatoms. The number of fused-ring (bicyclic) bond motifs is 1. The summed E-state index contributed by atoms with van der Waals surface area (Å²) in [7, 11) is -3.63. The fourth-order valence-electron chi connectivity index (χ4n) is 2.74. The summed E-state index contributed by atoms with van der Waals surface area (Å²) in [5.74, 6) is 0.876. The number of hydrogen-bond acceptors (Lipinski definition) is 3. The quantitative estimate of drug-likeness (QED) is 0.852. The van der Waals surface area contributed by atoms with Gasteiger partial charge in [-0.1, -0.05) is 31.5 Å². The van der Waals surface area contributed by atoms with Gasteiger partial charge in [0.2, 0.25) is 0 Å². The van der Waals surface area contributed by atoms with E-state index in [0.29, 0.717) is 30.6 Å². The van der Waals surface area contributed by atoms with Gasteiger partial charge in [-0.05, 0) is 30.4 Å². The van der Waals surface area contributed by atoms with Gasteiger partial charge in [-0.25, -0.2) is 13.4 Å². The van der Waals surface area contributed by atoms with Crippen molar-refractivity contribution in [1.82, 2.24) is 13.7 Å². The molecule has 0 spiro atoms. The van der Waals surface area contributed by atoms with E-state index in [0.717, 1.165) is 6.42 Å². The summed E-state index contributed by atoms with van der Waals surface area (Å²) in [6, 6.07) is 5.32. The van der Waals surface area contributed by atoms with Gasteiger partial charge >= 0.3 is 0 Å². The molecule has 21 heavy (non-hydrogen) atoms. The average Bonchev–Trinajstić information content (AvgIpc) is 2.78. The molecular weight excluding hydrogens is 310 g/mol. The molecule has 2 aromatic rings. The molecule has 3 rings (SSSR count). The second-order valence-corrected chi connectivity index (χ2v) is 7.95. The van der Waals surface area contributed by atoms with Gasteiger partial charge < -0.3 is 0 Å². The van der Waals surface area contributed by atoms with Crippen molar-refractivity contribution in [3.8, 4) is 0 Å². The molecule has 0 bridgehead atoms. The van der Waals surface area contributed by atoms with Crippen LogP contribution in [-0.2, 0) is 10.0 Å². The molecule has 5 nitrogen and oxygen atoms in total. The molecule has 0 saturated carbocycles. The molecule has 3 heterocycles. The van der Waals surface area contributed by atoms with Crippen molar-refractivity contribution < 1.29 is 8.42 Å². The number of halogens is 1. The summed E-state index contributed by atoms with van der Waals surface area (Å²) in [5, 5.41) is 0.106. The first-order valence-corrected chi connectivity index (χ1v) is 8.86. The van der Waals surface area contributed by atoms with E-state index in [1.807, 2.05) is 0 Å². The van der Waals surface area contributed by atoms with Gasteiger partial charge in [0.1, 0.15) is 5.65 Å². The lowest BCUT2D eigenvalue weighted by Gasteiger charge is -2.34. The van der Waals surface area contributed by atoms with Crippen LogP contribution in [0, 0.1) is 11.8 Å². The predicted molar refractivity (Wildman–Crippen MR) is 81.9 cm³/mol. The molecule has 1 aliphatic rings. The van der Waals surface area contributed by atoms with Gasteiger partial charge in [0.15, 0.2) is 10.2 Å². The van der Waals surface area contributed by atoms with Crippen molar-refractivity contribution >= 4 is 27.3 Å². The van der Waals surface area contributed by atoms with Crippen molar-refractivity contribution in [2.24, 2.45) is 11.8 Å². The maximum absolute atomic E-state index is 12.9. The monoisotopic (exact) mass is 327 g/mol. The summed E-state index contributed by atoms with van der Waals surface area (Å²) in [6.45, 7) is 5.31. The van der Waals surface area contributed by atoms with E-state index in [9.17, 15) is 8.42 Å². The van der Waals surface area contributed by atoms with Gasteiger partial charge in [0.05, 0.1) is 0 Å². The number of hydrogen-bond donors (Lipinski definition) is 0. The van der Waals surface area contributed by atoms with E-state index in [-0.39, 0.29) is 10.2 Å². The lowest BCUT2D eigenvalue weighted by Crippen LogP contribution is -2.42. The zero-order chi connectivity index (χ0) is 15.2. The Morgan fingerprint density at radius 2 is 2.05 bits per heavy atom. The zero-order valence-corrected chi connectivity index (χ0v) is 13.6. The number of piperidine rings is 1. The SMILES string of the molecule is CC1CCN(S(=O)(=O)c2c(Cl)nc3ccccn23)CC1C. The van der Waals surface area contributed by atoms with Crippen molar-refractivity contribution in [3.05, 3.63) is 29.5 Å². The minimum Gasteiger partial charge on any atom is -0.288 e. The van der Waals surface area contributed by atoms with Crippen LogP contribution in [-0.4, -0.2) is 35.2 Å². The Morgan fingerprint density at radius 3 is 2.76 bits per heavy atom. The third kappa shape index (κ3) is 2.45. The van der Waals surface area contributed by atoms with Gasteiger partial charge in [-0.15, -0.1) is 0 Å². The molecule has 1 saturated heterocycles. The Balaban J connectivity index is 2.07. The topological polar surface area (TPSA) is 54.7 Å². The molecule has 1 aliphatic heterocycles. The first-order chi connectivity index (χ1) is 9.91. The smallest absolute Gasteiger partial charge is 0.262 e. The van der Waals surface area contributed by atoms with Crippen molar-refractivity contribution in [1.29, 1.82) is 0 Å². The molecule has 0 radical (unpaired) electrons. The Kier molecular flexibility index (Phi) is 3.71. The lowest BCUT2D eigenvalue weighted by atomic mass is 9.90. The predicted octanol–water partition coefficient (Wildman–Crippen LogP) is 2.65. The van der Waals surface area contributed by atoms with E-state index in [4.69, 9.17) is 11.6 Å². The van der Waals surface area contributed by atoms with E-state index in [2.05, 4.69) is 18.8 Å². The minimum atomic E-state index is -3.63. The first kappa shape index (κ1) is 14.8. The second kappa shape index (κ2) is 5.26. The summed E-state index contributed by atoms with van der Waals surface area (Å²) >= 11 is 6.10. The molecule has 0 N–H and O–H groups in total. The van der Waals surface area contributed by atoms with Crippen molar-refractivity contribution in [2.45, 2.75) is 25.3 Å². The molecule has 2 atom stereocenters. The van der Waals surface area contributed by atoms with Crippen LogP contribution in [0.5, 0.6) is 0 Å². The Bertz CT molecular complexity index is 772. The van der Waals surface area contributed by atoms with E-state index in [1.165, 1.54) is 4.31 Å². The number of pyridine rings is 1. The highest BCUT2D eigenvalue weighted by molar-refractivity contribution is 7.89. The van der Waals surface area contributed by atoms with Crippen LogP contribution >= 0.6 is 11.6 Å². The summed E-state index contributed by atoms with van der Waals surface area (Å²) in [4.78, 5) is 4.13. The molecule has 114 valence electrons. The van der Waals surface area contributed by atoms with Crippen LogP contribution in [0.3, 0.4) is 0 Å². The Labute approximate surface area is 129 Å². The van der Waals surface area contributed by atoms with E-state index < -0.39 is 10.0 Å². The molecule has 0 amide bonds. The van der Waals surface area contributed by atoms with Gasteiger partial charge in [0.25, 0.3) is 10.0 Å². The molecular formula is C14H18ClN3O2S. The summed E-state index contributed by atoms with van der Waals surface area (Å²) in [5.41, 5.74) is 0.541. The van der Waals surface area contributed by atoms with Crippen LogP contribution in [0.15, 0.2) is 29.4 Å². The van der Waals surface area contributed by atoms with Crippen molar-refractivity contribution in [2.75, 3.05) is 13.1 Å². The normalized spacial score (nSPS) is 24.5. The van der Waals surface area contributed by atoms with Gasteiger partial charge in [0, 0.05) is 19.3 Å².